The van der Waals surface area contributed by atoms with E-state index in [1.165, 1.54) is 12.8 Å². The van der Waals surface area contributed by atoms with Crippen molar-refractivity contribution in [2.75, 3.05) is 0 Å². The number of hydrogen-bond acceptors (Lipinski definition) is 2. The van der Waals surface area contributed by atoms with E-state index in [1.54, 1.807) is 0 Å². The number of aryl methyl sites for hydroxylation is 1. The van der Waals surface area contributed by atoms with Gasteiger partial charge in [0.05, 0.1) is 0 Å². The summed E-state index contributed by atoms with van der Waals surface area (Å²) < 4.78 is 0. The molecule has 1 aromatic rings. The van der Waals surface area contributed by atoms with Crippen molar-refractivity contribution in [2.45, 2.75) is 45.1 Å². The minimum absolute atomic E-state index is 0.289. The van der Waals surface area contributed by atoms with E-state index in [9.17, 15) is 5.11 Å². The van der Waals surface area contributed by atoms with Crippen LogP contribution >= 0.6 is 0 Å². The predicted octanol–water partition coefficient (Wildman–Crippen LogP) is 2.74. The predicted molar refractivity (Wildman–Crippen MR) is 61.9 cm³/mol. The Hall–Kier alpha value is -1.02. The topological polar surface area (TPSA) is 46.2 Å². The molecule has 0 saturated heterocycles. The molecule has 0 radical (unpaired) electrons. The summed E-state index contributed by atoms with van der Waals surface area (Å²) in [6, 6.07) is 4.04. The SMILES string of the molecule is Cc1ccc(C2(N)CCCC2)c(O)c1C. The maximum Gasteiger partial charge on any atom is 0.123 e. The Kier molecular flexibility index (Phi) is 2.47. The highest BCUT2D eigenvalue weighted by molar-refractivity contribution is 5.47. The first-order valence-corrected chi connectivity index (χ1v) is 5.63. The van der Waals surface area contributed by atoms with Crippen LogP contribution in [0.2, 0.25) is 0 Å². The Labute approximate surface area is 91.1 Å². The minimum Gasteiger partial charge on any atom is -0.507 e. The first kappa shape index (κ1) is 10.5. The molecule has 2 nitrogen and oxygen atoms in total. The highest BCUT2D eigenvalue weighted by Crippen LogP contribution is 2.41. The zero-order valence-electron chi connectivity index (χ0n) is 9.51. The van der Waals surface area contributed by atoms with Crippen LogP contribution in [-0.2, 0) is 5.54 Å². The molecule has 0 bridgehead atoms. The Balaban J connectivity index is 2.49. The van der Waals surface area contributed by atoms with Crippen molar-refractivity contribution in [1.82, 2.24) is 0 Å². The van der Waals surface area contributed by atoms with Gasteiger partial charge in [0.15, 0.2) is 0 Å². The van der Waals surface area contributed by atoms with Crippen LogP contribution in [0.25, 0.3) is 0 Å². The minimum atomic E-state index is -0.289. The van der Waals surface area contributed by atoms with E-state index in [0.29, 0.717) is 5.75 Å². The molecule has 82 valence electrons. The van der Waals surface area contributed by atoms with Crippen LogP contribution in [0.3, 0.4) is 0 Å². The lowest BCUT2D eigenvalue weighted by atomic mass is 9.86. The summed E-state index contributed by atoms with van der Waals surface area (Å²) in [6.45, 7) is 3.96. The van der Waals surface area contributed by atoms with E-state index in [0.717, 1.165) is 29.5 Å². The molecule has 1 saturated carbocycles. The molecule has 0 unspecified atom stereocenters. The smallest absolute Gasteiger partial charge is 0.123 e. The molecule has 0 spiro atoms. The van der Waals surface area contributed by atoms with Gasteiger partial charge < -0.3 is 10.8 Å². The van der Waals surface area contributed by atoms with Gasteiger partial charge in [-0.2, -0.15) is 0 Å². The average molecular weight is 205 g/mol. The Morgan fingerprint density at radius 3 is 2.40 bits per heavy atom. The third-order valence-electron chi connectivity index (χ3n) is 3.73. The quantitative estimate of drug-likeness (QED) is 0.740. The van der Waals surface area contributed by atoms with Crippen molar-refractivity contribution in [3.05, 3.63) is 28.8 Å². The first-order valence-electron chi connectivity index (χ1n) is 5.63. The second-order valence-corrected chi connectivity index (χ2v) is 4.77. The van der Waals surface area contributed by atoms with Gasteiger partial charge in [-0.15, -0.1) is 0 Å². The van der Waals surface area contributed by atoms with E-state index < -0.39 is 0 Å². The van der Waals surface area contributed by atoms with E-state index in [4.69, 9.17) is 5.73 Å². The summed E-state index contributed by atoms with van der Waals surface area (Å²) in [4.78, 5) is 0. The van der Waals surface area contributed by atoms with Crippen molar-refractivity contribution < 1.29 is 5.11 Å². The number of rotatable bonds is 1. The number of benzene rings is 1. The summed E-state index contributed by atoms with van der Waals surface area (Å²) in [5.41, 5.74) is 9.07. The maximum atomic E-state index is 10.1. The molecule has 0 amide bonds. The van der Waals surface area contributed by atoms with Gasteiger partial charge in [-0.3, -0.25) is 0 Å². The van der Waals surface area contributed by atoms with Crippen molar-refractivity contribution in [1.29, 1.82) is 0 Å². The zero-order chi connectivity index (χ0) is 11.1. The van der Waals surface area contributed by atoms with Gasteiger partial charge in [-0.25, -0.2) is 0 Å². The summed E-state index contributed by atoms with van der Waals surface area (Å²) >= 11 is 0. The molecule has 0 aliphatic heterocycles. The fourth-order valence-corrected chi connectivity index (χ4v) is 2.48. The molecule has 15 heavy (non-hydrogen) atoms. The van der Waals surface area contributed by atoms with Crippen molar-refractivity contribution in [3.8, 4) is 5.75 Å². The molecule has 1 aliphatic rings. The molecule has 1 aliphatic carbocycles. The third-order valence-corrected chi connectivity index (χ3v) is 3.73. The standard InChI is InChI=1S/C13H19NO/c1-9-5-6-11(12(15)10(9)2)13(14)7-3-4-8-13/h5-6,15H,3-4,7-8,14H2,1-2H3. The zero-order valence-corrected chi connectivity index (χ0v) is 9.51. The summed E-state index contributed by atoms with van der Waals surface area (Å²) in [5, 5.41) is 10.1. The summed E-state index contributed by atoms with van der Waals surface area (Å²) in [5.74, 6) is 0.402. The number of phenols is 1. The molecule has 0 atom stereocenters. The van der Waals surface area contributed by atoms with Crippen LogP contribution in [0.1, 0.15) is 42.4 Å². The van der Waals surface area contributed by atoms with Crippen molar-refractivity contribution in [2.24, 2.45) is 5.73 Å². The van der Waals surface area contributed by atoms with E-state index in [-0.39, 0.29) is 5.54 Å². The molecular formula is C13H19NO. The normalized spacial score (nSPS) is 19.4. The molecule has 3 N–H and O–H groups in total. The van der Waals surface area contributed by atoms with Crippen LogP contribution in [0.15, 0.2) is 12.1 Å². The van der Waals surface area contributed by atoms with E-state index in [1.807, 2.05) is 19.9 Å². The fourth-order valence-electron chi connectivity index (χ4n) is 2.48. The van der Waals surface area contributed by atoms with Crippen LogP contribution < -0.4 is 5.73 Å². The van der Waals surface area contributed by atoms with Crippen molar-refractivity contribution >= 4 is 0 Å². The van der Waals surface area contributed by atoms with Gasteiger partial charge in [0.25, 0.3) is 0 Å². The van der Waals surface area contributed by atoms with Crippen LogP contribution in [0.5, 0.6) is 5.75 Å². The molecule has 2 heteroatoms. The maximum absolute atomic E-state index is 10.1. The second-order valence-electron chi connectivity index (χ2n) is 4.77. The van der Waals surface area contributed by atoms with E-state index in [2.05, 4.69) is 6.07 Å². The largest absolute Gasteiger partial charge is 0.507 e. The molecule has 1 aromatic carbocycles. The van der Waals surface area contributed by atoms with Crippen molar-refractivity contribution in [3.63, 3.8) is 0 Å². The lowest BCUT2D eigenvalue weighted by Crippen LogP contribution is -2.33. The number of aromatic hydroxyl groups is 1. The monoisotopic (exact) mass is 205 g/mol. The summed E-state index contributed by atoms with van der Waals surface area (Å²) in [7, 11) is 0. The van der Waals surface area contributed by atoms with Gasteiger partial charge in [0.2, 0.25) is 0 Å². The number of hydrogen-bond donors (Lipinski definition) is 2. The highest BCUT2D eigenvalue weighted by atomic mass is 16.3. The Morgan fingerprint density at radius 1 is 1.20 bits per heavy atom. The third kappa shape index (κ3) is 1.63. The highest BCUT2D eigenvalue weighted by Gasteiger charge is 2.33. The molecule has 0 heterocycles. The average Bonchev–Trinajstić information content (AvgIpc) is 2.62. The molecular weight excluding hydrogens is 186 g/mol. The molecule has 0 aromatic heterocycles. The van der Waals surface area contributed by atoms with E-state index >= 15 is 0 Å². The van der Waals surface area contributed by atoms with Gasteiger partial charge in [-0.1, -0.05) is 25.0 Å². The molecule has 2 rings (SSSR count). The Morgan fingerprint density at radius 2 is 1.80 bits per heavy atom. The lowest BCUT2D eigenvalue weighted by molar-refractivity contribution is 0.406. The number of nitrogens with two attached hydrogens (primary N) is 1. The second kappa shape index (κ2) is 3.53. The van der Waals surface area contributed by atoms with Crippen LogP contribution in [0, 0.1) is 13.8 Å². The Bertz CT molecular complexity index is 378. The molecule has 1 fully saturated rings. The lowest BCUT2D eigenvalue weighted by Gasteiger charge is -2.26. The van der Waals surface area contributed by atoms with Gasteiger partial charge in [0.1, 0.15) is 5.75 Å². The fraction of sp³-hybridized carbons (Fsp3) is 0.538. The van der Waals surface area contributed by atoms with Gasteiger partial charge in [0, 0.05) is 11.1 Å². The van der Waals surface area contributed by atoms with Crippen LogP contribution in [-0.4, -0.2) is 5.11 Å². The summed E-state index contributed by atoms with van der Waals surface area (Å²) in [6.07, 6.45) is 4.32. The first-order chi connectivity index (χ1) is 7.04. The van der Waals surface area contributed by atoms with Crippen LogP contribution in [0.4, 0.5) is 0 Å². The number of phenolic OH excluding ortho intramolecular Hbond substituents is 1. The van der Waals surface area contributed by atoms with Gasteiger partial charge in [-0.05, 0) is 37.8 Å². The van der Waals surface area contributed by atoms with Gasteiger partial charge >= 0.3 is 0 Å².